The molecule has 3 aromatic rings. The Kier molecular flexibility index (Phi) is 5.88. The maximum absolute atomic E-state index is 13.0. The van der Waals surface area contributed by atoms with Crippen molar-refractivity contribution in [1.29, 1.82) is 0 Å². The molecule has 0 aliphatic heterocycles. The summed E-state index contributed by atoms with van der Waals surface area (Å²) in [4.78, 5) is 24.4. The van der Waals surface area contributed by atoms with Gasteiger partial charge in [-0.15, -0.1) is 0 Å². The first-order chi connectivity index (χ1) is 14.2. The third-order valence-electron chi connectivity index (χ3n) is 4.25. The molecule has 3 N–H and O–H groups in total. The summed E-state index contributed by atoms with van der Waals surface area (Å²) < 4.78 is 45.6. The zero-order chi connectivity index (χ0) is 21.9. The van der Waals surface area contributed by atoms with Crippen LogP contribution in [0.4, 0.5) is 10.1 Å². The molecule has 30 heavy (non-hydrogen) atoms. The first-order valence-corrected chi connectivity index (χ1v) is 10.2. The molecule has 1 heterocycles. The van der Waals surface area contributed by atoms with Gasteiger partial charge >= 0.3 is 0 Å². The Bertz CT molecular complexity index is 1200. The van der Waals surface area contributed by atoms with Crippen molar-refractivity contribution in [3.63, 3.8) is 0 Å². The molecule has 8 nitrogen and oxygen atoms in total. The summed E-state index contributed by atoms with van der Waals surface area (Å²) >= 11 is 0. The molecule has 10 heteroatoms. The number of benzene rings is 2. The van der Waals surface area contributed by atoms with E-state index in [4.69, 9.17) is 4.42 Å². The average Bonchev–Trinajstić information content (AvgIpc) is 3.13. The highest BCUT2D eigenvalue weighted by molar-refractivity contribution is 7.92. The number of hydrogen-bond donors (Lipinski definition) is 3. The summed E-state index contributed by atoms with van der Waals surface area (Å²) in [7, 11) is -4.02. The zero-order valence-corrected chi connectivity index (χ0v) is 16.8. The van der Waals surface area contributed by atoms with Gasteiger partial charge in [0.2, 0.25) is 0 Å². The van der Waals surface area contributed by atoms with E-state index in [0.29, 0.717) is 11.3 Å². The highest BCUT2D eigenvalue weighted by atomic mass is 32.2. The van der Waals surface area contributed by atoms with Crippen LogP contribution in [0.1, 0.15) is 32.0 Å². The summed E-state index contributed by atoms with van der Waals surface area (Å²) in [6.45, 7) is 3.23. The SMILES string of the molecule is Cc1ccc(S(=O)(=O)Nc2ccc(F)cc2)cc1C(=O)NNC(=O)c1ccoc1C. The standard InChI is InChI=1S/C20H18FN3O5S/c1-12-3-8-16(30(27,28)24-15-6-4-14(21)5-7-15)11-18(12)20(26)23-22-19(25)17-9-10-29-13(17)2/h3-11,24H,1-2H3,(H,22,25)(H,23,26). The smallest absolute Gasteiger partial charge is 0.273 e. The van der Waals surface area contributed by atoms with Crippen molar-refractivity contribution < 1.29 is 26.8 Å². The van der Waals surface area contributed by atoms with Crippen molar-refractivity contribution in [3.05, 3.63) is 83.1 Å². The number of amides is 2. The van der Waals surface area contributed by atoms with E-state index >= 15 is 0 Å². The molecule has 0 atom stereocenters. The number of sulfonamides is 1. The van der Waals surface area contributed by atoms with E-state index in [1.54, 1.807) is 13.8 Å². The molecule has 0 spiro atoms. The second-order valence-corrected chi connectivity index (χ2v) is 8.07. The van der Waals surface area contributed by atoms with E-state index < -0.39 is 27.7 Å². The predicted molar refractivity (Wildman–Crippen MR) is 107 cm³/mol. The first-order valence-electron chi connectivity index (χ1n) is 8.71. The Morgan fingerprint density at radius 3 is 2.13 bits per heavy atom. The molecule has 0 fully saturated rings. The van der Waals surface area contributed by atoms with E-state index in [1.807, 2.05) is 0 Å². The van der Waals surface area contributed by atoms with Crippen molar-refractivity contribution in [1.82, 2.24) is 10.9 Å². The van der Waals surface area contributed by atoms with Crippen LogP contribution in [0.3, 0.4) is 0 Å². The zero-order valence-electron chi connectivity index (χ0n) is 16.0. The summed E-state index contributed by atoms with van der Waals surface area (Å²) in [5.41, 5.74) is 5.50. The first kappa shape index (κ1) is 21.1. The Morgan fingerprint density at radius 2 is 1.53 bits per heavy atom. The minimum atomic E-state index is -4.02. The van der Waals surface area contributed by atoms with Crippen molar-refractivity contribution >= 4 is 27.5 Å². The van der Waals surface area contributed by atoms with E-state index in [1.165, 1.54) is 42.7 Å². The molecule has 0 radical (unpaired) electrons. The van der Waals surface area contributed by atoms with Gasteiger partial charge in [-0.25, -0.2) is 12.8 Å². The van der Waals surface area contributed by atoms with Gasteiger partial charge in [-0.05, 0) is 61.9 Å². The molecule has 1 aromatic heterocycles. The number of halogens is 1. The Balaban J connectivity index is 1.77. The molecule has 2 aromatic carbocycles. The second kappa shape index (κ2) is 8.37. The summed E-state index contributed by atoms with van der Waals surface area (Å²) in [5.74, 6) is -1.38. The number of rotatable bonds is 5. The molecule has 2 amide bonds. The Labute approximate surface area is 172 Å². The van der Waals surface area contributed by atoms with Crippen LogP contribution < -0.4 is 15.6 Å². The van der Waals surface area contributed by atoms with Crippen molar-refractivity contribution in [2.24, 2.45) is 0 Å². The van der Waals surface area contributed by atoms with Crippen molar-refractivity contribution in [3.8, 4) is 0 Å². The van der Waals surface area contributed by atoms with Gasteiger partial charge in [0.25, 0.3) is 21.8 Å². The third kappa shape index (κ3) is 4.66. The fourth-order valence-electron chi connectivity index (χ4n) is 2.61. The molecule has 3 rings (SSSR count). The molecule has 0 aliphatic rings. The lowest BCUT2D eigenvalue weighted by Gasteiger charge is -2.12. The quantitative estimate of drug-likeness (QED) is 0.537. The Hall–Kier alpha value is -3.66. The van der Waals surface area contributed by atoms with Crippen LogP contribution >= 0.6 is 0 Å². The summed E-state index contributed by atoms with van der Waals surface area (Å²) in [6.07, 6.45) is 1.35. The van der Waals surface area contributed by atoms with Gasteiger partial charge in [-0.3, -0.25) is 25.2 Å². The van der Waals surface area contributed by atoms with E-state index in [9.17, 15) is 22.4 Å². The van der Waals surface area contributed by atoms with Crippen LogP contribution in [0.15, 0.2) is 64.1 Å². The fourth-order valence-corrected chi connectivity index (χ4v) is 3.70. The number of carbonyl (C=O) groups is 2. The number of carbonyl (C=O) groups excluding carboxylic acids is 2. The number of aryl methyl sites for hydroxylation is 2. The number of anilines is 1. The minimum Gasteiger partial charge on any atom is -0.469 e. The van der Waals surface area contributed by atoms with Crippen LogP contribution in [0.25, 0.3) is 0 Å². The van der Waals surface area contributed by atoms with Gasteiger partial charge in [-0.1, -0.05) is 6.07 Å². The van der Waals surface area contributed by atoms with Gasteiger partial charge in [0.1, 0.15) is 11.6 Å². The molecule has 0 bridgehead atoms. The second-order valence-electron chi connectivity index (χ2n) is 6.39. The topological polar surface area (TPSA) is 118 Å². The van der Waals surface area contributed by atoms with Crippen LogP contribution in [-0.4, -0.2) is 20.2 Å². The molecule has 156 valence electrons. The molecular weight excluding hydrogens is 413 g/mol. The number of hydrazine groups is 1. The molecule has 0 saturated heterocycles. The van der Waals surface area contributed by atoms with Gasteiger partial charge in [0, 0.05) is 11.3 Å². The van der Waals surface area contributed by atoms with E-state index in [-0.39, 0.29) is 21.7 Å². The normalized spacial score (nSPS) is 11.0. The lowest BCUT2D eigenvalue weighted by molar-refractivity contribution is 0.0845. The van der Waals surface area contributed by atoms with Crippen LogP contribution in [-0.2, 0) is 10.0 Å². The van der Waals surface area contributed by atoms with Crippen molar-refractivity contribution in [2.45, 2.75) is 18.7 Å². The average molecular weight is 431 g/mol. The lowest BCUT2D eigenvalue weighted by atomic mass is 10.1. The predicted octanol–water partition coefficient (Wildman–Crippen LogP) is 2.91. The van der Waals surface area contributed by atoms with Gasteiger partial charge < -0.3 is 4.42 Å². The van der Waals surface area contributed by atoms with Gasteiger partial charge in [-0.2, -0.15) is 0 Å². The van der Waals surface area contributed by atoms with Crippen LogP contribution in [0.5, 0.6) is 0 Å². The van der Waals surface area contributed by atoms with E-state index in [2.05, 4.69) is 15.6 Å². The number of furan rings is 1. The largest absolute Gasteiger partial charge is 0.469 e. The van der Waals surface area contributed by atoms with Crippen LogP contribution in [0, 0.1) is 19.7 Å². The monoisotopic (exact) mass is 431 g/mol. The Morgan fingerprint density at radius 1 is 0.900 bits per heavy atom. The van der Waals surface area contributed by atoms with Gasteiger partial charge in [0.05, 0.1) is 16.7 Å². The fraction of sp³-hybridized carbons (Fsp3) is 0.100. The van der Waals surface area contributed by atoms with Crippen LogP contribution in [0.2, 0.25) is 0 Å². The molecule has 0 saturated carbocycles. The van der Waals surface area contributed by atoms with E-state index in [0.717, 1.165) is 12.1 Å². The maximum Gasteiger partial charge on any atom is 0.273 e. The maximum atomic E-state index is 13.0. The highest BCUT2D eigenvalue weighted by Crippen LogP contribution is 2.19. The third-order valence-corrected chi connectivity index (χ3v) is 5.63. The van der Waals surface area contributed by atoms with Gasteiger partial charge in [0.15, 0.2) is 0 Å². The number of nitrogens with one attached hydrogen (secondary N) is 3. The van der Waals surface area contributed by atoms with Crippen molar-refractivity contribution in [2.75, 3.05) is 4.72 Å². The minimum absolute atomic E-state index is 0.0567. The highest BCUT2D eigenvalue weighted by Gasteiger charge is 2.19. The summed E-state index contributed by atoms with van der Waals surface area (Å²) in [6, 6.07) is 10.3. The molecule has 0 unspecified atom stereocenters. The number of hydrogen-bond acceptors (Lipinski definition) is 5. The molecular formula is C20H18FN3O5S. The molecule has 0 aliphatic carbocycles. The lowest BCUT2D eigenvalue weighted by Crippen LogP contribution is -2.42. The summed E-state index contributed by atoms with van der Waals surface area (Å²) in [5, 5.41) is 0.